The standard InChI is InChI=1S/C29H37ClN2O5/c1-29(2,3)27(33)31-25(10-11-26-35-14-7-15-36-26)23-17-22(30)16-21-12-13-32(18-24(21)23)28(34)37-19-20-8-5-4-6-9-20/h4-6,8-9,16-17,25-26H,7,10-15,18-19H2,1-3H3,(H,31,33). The predicted molar refractivity (Wildman–Crippen MR) is 142 cm³/mol. The highest BCUT2D eigenvalue weighted by Crippen LogP contribution is 2.34. The van der Waals surface area contributed by atoms with E-state index in [0.29, 0.717) is 50.6 Å². The van der Waals surface area contributed by atoms with Crippen molar-refractivity contribution in [3.05, 3.63) is 69.7 Å². The second kappa shape index (κ2) is 12.3. The van der Waals surface area contributed by atoms with E-state index >= 15 is 0 Å². The SMILES string of the molecule is CC(C)(C)C(=O)NC(CCC1OCCCO1)c1cc(Cl)cc2c1CN(C(=O)OCc1ccccc1)CC2. The molecule has 1 N–H and O–H groups in total. The second-order valence-electron chi connectivity index (χ2n) is 10.7. The lowest BCUT2D eigenvalue weighted by Crippen LogP contribution is -2.40. The molecule has 0 bridgehead atoms. The Hall–Kier alpha value is -2.61. The number of nitrogens with zero attached hydrogens (tertiary/aromatic N) is 1. The van der Waals surface area contributed by atoms with E-state index in [9.17, 15) is 9.59 Å². The molecule has 0 spiro atoms. The number of hydrogen-bond acceptors (Lipinski definition) is 5. The maximum Gasteiger partial charge on any atom is 0.410 e. The fraction of sp³-hybridized carbons (Fsp3) is 0.517. The average Bonchev–Trinajstić information content (AvgIpc) is 2.89. The molecule has 2 aromatic rings. The maximum atomic E-state index is 13.1. The molecule has 2 aliphatic heterocycles. The molecule has 2 aromatic carbocycles. The molecular weight excluding hydrogens is 492 g/mol. The Morgan fingerprint density at radius 3 is 2.59 bits per heavy atom. The van der Waals surface area contributed by atoms with Crippen LogP contribution in [0.5, 0.6) is 0 Å². The number of rotatable bonds is 7. The van der Waals surface area contributed by atoms with Crippen LogP contribution in [0.1, 0.15) is 68.3 Å². The second-order valence-corrected chi connectivity index (χ2v) is 11.2. The Labute approximate surface area is 224 Å². The van der Waals surface area contributed by atoms with Gasteiger partial charge in [-0.05, 0) is 53.6 Å². The third-order valence-corrected chi connectivity index (χ3v) is 6.97. The van der Waals surface area contributed by atoms with Crippen molar-refractivity contribution >= 4 is 23.6 Å². The van der Waals surface area contributed by atoms with Gasteiger partial charge in [0.15, 0.2) is 6.29 Å². The van der Waals surface area contributed by atoms with E-state index in [-0.39, 0.29) is 30.9 Å². The van der Waals surface area contributed by atoms with E-state index in [1.54, 1.807) is 4.90 Å². The van der Waals surface area contributed by atoms with Crippen LogP contribution in [0.25, 0.3) is 0 Å². The summed E-state index contributed by atoms with van der Waals surface area (Å²) in [5, 5.41) is 3.86. The third kappa shape index (κ3) is 7.46. The van der Waals surface area contributed by atoms with Crippen LogP contribution in [0.4, 0.5) is 4.79 Å². The summed E-state index contributed by atoms with van der Waals surface area (Å²) in [6, 6.07) is 13.2. The molecule has 2 amide bonds. The molecule has 0 radical (unpaired) electrons. The monoisotopic (exact) mass is 528 g/mol. The maximum absolute atomic E-state index is 13.1. The minimum Gasteiger partial charge on any atom is -0.445 e. The molecule has 7 nitrogen and oxygen atoms in total. The van der Waals surface area contributed by atoms with Gasteiger partial charge in [0, 0.05) is 29.9 Å². The normalized spacial score (nSPS) is 17.1. The van der Waals surface area contributed by atoms with Gasteiger partial charge in [-0.1, -0.05) is 62.7 Å². The van der Waals surface area contributed by atoms with Crippen molar-refractivity contribution in [2.24, 2.45) is 5.41 Å². The minimum absolute atomic E-state index is 0.0494. The fourth-order valence-electron chi connectivity index (χ4n) is 4.62. The van der Waals surface area contributed by atoms with Gasteiger partial charge in [0.25, 0.3) is 0 Å². The van der Waals surface area contributed by atoms with Crippen molar-refractivity contribution in [1.29, 1.82) is 0 Å². The number of carbonyl (C=O) groups is 2. The number of carbonyl (C=O) groups excluding carboxylic acids is 2. The summed E-state index contributed by atoms with van der Waals surface area (Å²) in [7, 11) is 0. The smallest absolute Gasteiger partial charge is 0.410 e. The summed E-state index contributed by atoms with van der Waals surface area (Å²) in [4.78, 5) is 27.7. The molecular formula is C29H37ClN2O5. The number of hydrogen-bond donors (Lipinski definition) is 1. The van der Waals surface area contributed by atoms with Gasteiger partial charge in [-0.15, -0.1) is 0 Å². The number of benzene rings is 2. The summed E-state index contributed by atoms with van der Waals surface area (Å²) >= 11 is 6.55. The van der Waals surface area contributed by atoms with Crippen LogP contribution in [-0.2, 0) is 38.6 Å². The molecule has 2 heterocycles. The van der Waals surface area contributed by atoms with Crippen molar-refractivity contribution in [3.8, 4) is 0 Å². The molecule has 1 fully saturated rings. The van der Waals surface area contributed by atoms with Crippen molar-refractivity contribution in [1.82, 2.24) is 10.2 Å². The van der Waals surface area contributed by atoms with Crippen molar-refractivity contribution in [3.63, 3.8) is 0 Å². The molecule has 8 heteroatoms. The van der Waals surface area contributed by atoms with E-state index in [4.69, 9.17) is 25.8 Å². The summed E-state index contributed by atoms with van der Waals surface area (Å²) in [5.41, 5.74) is 3.42. The van der Waals surface area contributed by atoms with Crippen LogP contribution >= 0.6 is 11.6 Å². The van der Waals surface area contributed by atoms with Crippen LogP contribution < -0.4 is 5.32 Å². The van der Waals surface area contributed by atoms with Gasteiger partial charge in [0.05, 0.1) is 19.3 Å². The number of halogens is 1. The Morgan fingerprint density at radius 2 is 1.89 bits per heavy atom. The van der Waals surface area contributed by atoms with Gasteiger partial charge in [0.2, 0.25) is 5.91 Å². The van der Waals surface area contributed by atoms with Crippen LogP contribution in [0, 0.1) is 5.41 Å². The summed E-state index contributed by atoms with van der Waals surface area (Å²) in [5.74, 6) is -0.0494. The molecule has 0 aliphatic carbocycles. The lowest BCUT2D eigenvalue weighted by atomic mass is 9.88. The van der Waals surface area contributed by atoms with Gasteiger partial charge in [-0.3, -0.25) is 4.79 Å². The predicted octanol–water partition coefficient (Wildman–Crippen LogP) is 5.78. The minimum atomic E-state index is -0.554. The van der Waals surface area contributed by atoms with Gasteiger partial charge < -0.3 is 24.4 Å². The third-order valence-electron chi connectivity index (χ3n) is 6.75. The van der Waals surface area contributed by atoms with E-state index in [0.717, 1.165) is 28.7 Å². The van der Waals surface area contributed by atoms with Gasteiger partial charge in [-0.2, -0.15) is 0 Å². The van der Waals surface area contributed by atoms with Crippen molar-refractivity contribution in [2.75, 3.05) is 19.8 Å². The summed E-state index contributed by atoms with van der Waals surface area (Å²) in [6.45, 7) is 8.20. The lowest BCUT2D eigenvalue weighted by molar-refractivity contribution is -0.182. The first kappa shape index (κ1) is 27.4. The quantitative estimate of drug-likeness (QED) is 0.493. The molecule has 0 saturated carbocycles. The Morgan fingerprint density at radius 1 is 1.16 bits per heavy atom. The van der Waals surface area contributed by atoms with E-state index in [2.05, 4.69) is 5.32 Å². The topological polar surface area (TPSA) is 77.1 Å². The average molecular weight is 529 g/mol. The largest absolute Gasteiger partial charge is 0.445 e. The molecule has 1 atom stereocenters. The van der Waals surface area contributed by atoms with Crippen LogP contribution in [-0.4, -0.2) is 42.9 Å². The molecule has 1 saturated heterocycles. The number of nitrogens with one attached hydrogen (secondary N) is 1. The molecule has 0 aromatic heterocycles. The van der Waals surface area contributed by atoms with E-state index in [1.165, 1.54) is 0 Å². The zero-order chi connectivity index (χ0) is 26.4. The zero-order valence-electron chi connectivity index (χ0n) is 21.9. The van der Waals surface area contributed by atoms with Gasteiger partial charge in [0.1, 0.15) is 6.61 Å². The summed E-state index contributed by atoms with van der Waals surface area (Å²) < 4.78 is 17.1. The first-order chi connectivity index (χ1) is 17.7. The number of fused-ring (bicyclic) bond motifs is 1. The highest BCUT2D eigenvalue weighted by atomic mass is 35.5. The Kier molecular flexibility index (Phi) is 9.11. The summed E-state index contributed by atoms with van der Waals surface area (Å²) in [6.07, 6.45) is 2.17. The molecule has 4 rings (SSSR count). The first-order valence-electron chi connectivity index (χ1n) is 13.0. The zero-order valence-corrected chi connectivity index (χ0v) is 22.7. The Balaban J connectivity index is 1.54. The van der Waals surface area contributed by atoms with E-state index < -0.39 is 5.41 Å². The molecule has 1 unspecified atom stereocenters. The van der Waals surface area contributed by atoms with E-state index in [1.807, 2.05) is 63.2 Å². The lowest BCUT2D eigenvalue weighted by Gasteiger charge is -2.33. The fourth-order valence-corrected chi connectivity index (χ4v) is 4.87. The van der Waals surface area contributed by atoms with Crippen LogP contribution in [0.15, 0.2) is 42.5 Å². The highest BCUT2D eigenvalue weighted by Gasteiger charge is 2.31. The molecule has 37 heavy (non-hydrogen) atoms. The Bertz CT molecular complexity index is 1080. The number of amides is 2. The van der Waals surface area contributed by atoms with Crippen molar-refractivity contribution < 1.29 is 23.8 Å². The molecule has 2 aliphatic rings. The van der Waals surface area contributed by atoms with Gasteiger partial charge in [-0.25, -0.2) is 4.79 Å². The van der Waals surface area contributed by atoms with Crippen molar-refractivity contribution in [2.45, 2.75) is 71.9 Å². The molecule has 200 valence electrons. The van der Waals surface area contributed by atoms with Gasteiger partial charge >= 0.3 is 6.09 Å². The van der Waals surface area contributed by atoms with Crippen LogP contribution in [0.3, 0.4) is 0 Å². The highest BCUT2D eigenvalue weighted by molar-refractivity contribution is 6.30. The van der Waals surface area contributed by atoms with Crippen LogP contribution in [0.2, 0.25) is 5.02 Å². The number of ether oxygens (including phenoxy) is 3. The first-order valence-corrected chi connectivity index (χ1v) is 13.4.